The number of nitrogens with zero attached hydrogens (tertiary/aromatic N) is 3. The van der Waals surface area contributed by atoms with E-state index in [1.165, 1.54) is 70.9 Å². The van der Waals surface area contributed by atoms with Gasteiger partial charge in [0.2, 0.25) is 11.9 Å². The van der Waals surface area contributed by atoms with Crippen LogP contribution in [0.3, 0.4) is 0 Å². The first-order valence-corrected chi connectivity index (χ1v) is 16.3. The van der Waals surface area contributed by atoms with Crippen LogP contribution in [0.1, 0.15) is 83.5 Å². The Balaban J connectivity index is 1.20. The minimum absolute atomic E-state index is 0.0520. The number of piperidine rings is 1. The predicted octanol–water partition coefficient (Wildman–Crippen LogP) is 6.15. The first kappa shape index (κ1) is 30.4. The molecule has 1 saturated carbocycles. The van der Waals surface area contributed by atoms with Crippen LogP contribution in [-0.2, 0) is 4.79 Å². The van der Waals surface area contributed by atoms with Gasteiger partial charge in [-0.2, -0.15) is 4.98 Å². The molecule has 1 spiro atoms. The Morgan fingerprint density at radius 2 is 1.74 bits per heavy atom. The fourth-order valence-electron chi connectivity index (χ4n) is 7.08. The van der Waals surface area contributed by atoms with Crippen LogP contribution in [0.4, 0.5) is 17.5 Å². The maximum atomic E-state index is 13.2. The number of rotatable bonds is 11. The number of ether oxygens (including phenoxy) is 2. The molecular weight excluding hydrogens is 528 g/mol. The highest BCUT2D eigenvalue weighted by atomic mass is 16.5. The average Bonchev–Trinajstić information content (AvgIpc) is 3.53. The average molecular weight is 579 g/mol. The van der Waals surface area contributed by atoms with Gasteiger partial charge in [0.15, 0.2) is 11.5 Å². The summed E-state index contributed by atoms with van der Waals surface area (Å²) in [6.45, 7) is 5.49. The lowest BCUT2D eigenvalue weighted by Crippen LogP contribution is -2.52. The molecule has 9 nitrogen and oxygen atoms in total. The van der Waals surface area contributed by atoms with Gasteiger partial charge in [-0.1, -0.05) is 44.9 Å². The van der Waals surface area contributed by atoms with Crippen molar-refractivity contribution in [1.82, 2.24) is 20.2 Å². The number of aromatic nitrogens is 2. The zero-order valence-corrected chi connectivity index (χ0v) is 25.5. The van der Waals surface area contributed by atoms with Crippen molar-refractivity contribution in [3.63, 3.8) is 0 Å². The van der Waals surface area contributed by atoms with Crippen LogP contribution in [0, 0.1) is 11.3 Å². The molecule has 0 radical (unpaired) electrons. The molecule has 2 saturated heterocycles. The van der Waals surface area contributed by atoms with Crippen LogP contribution in [0.15, 0.2) is 30.5 Å². The second kappa shape index (κ2) is 15.4. The summed E-state index contributed by atoms with van der Waals surface area (Å²) in [5.41, 5.74) is 0.906. The summed E-state index contributed by atoms with van der Waals surface area (Å²) < 4.78 is 11.6. The number of hydrogen-bond acceptors (Lipinski definition) is 8. The van der Waals surface area contributed by atoms with Crippen molar-refractivity contribution >= 4 is 23.4 Å². The van der Waals surface area contributed by atoms with E-state index in [9.17, 15) is 4.79 Å². The first-order valence-electron chi connectivity index (χ1n) is 16.3. The van der Waals surface area contributed by atoms with Crippen LogP contribution in [0.2, 0.25) is 0 Å². The van der Waals surface area contributed by atoms with Crippen molar-refractivity contribution in [3.05, 3.63) is 30.5 Å². The molecule has 230 valence electrons. The third-order valence-corrected chi connectivity index (χ3v) is 9.46. The zero-order chi connectivity index (χ0) is 29.0. The van der Waals surface area contributed by atoms with Crippen LogP contribution in [0.25, 0.3) is 0 Å². The molecular formula is C33H50N6O3. The number of methoxy groups -OCH3 is 1. The molecule has 3 N–H and O–H groups in total. The molecule has 2 aromatic rings. The molecule has 3 fully saturated rings. The molecule has 3 heterocycles. The minimum atomic E-state index is -0.0520. The number of hydrogen-bond donors (Lipinski definition) is 3. The lowest BCUT2D eigenvalue weighted by atomic mass is 9.64. The van der Waals surface area contributed by atoms with Crippen molar-refractivity contribution in [2.45, 2.75) is 83.5 Å². The largest absolute Gasteiger partial charge is 0.493 e. The van der Waals surface area contributed by atoms with Crippen molar-refractivity contribution < 1.29 is 14.3 Å². The minimum Gasteiger partial charge on any atom is -0.493 e. The van der Waals surface area contributed by atoms with Crippen molar-refractivity contribution in [3.8, 4) is 11.5 Å². The Morgan fingerprint density at radius 3 is 2.50 bits per heavy atom. The van der Waals surface area contributed by atoms with Gasteiger partial charge in [-0.15, -0.1) is 0 Å². The molecule has 2 aliphatic heterocycles. The third-order valence-electron chi connectivity index (χ3n) is 9.46. The quantitative estimate of drug-likeness (QED) is 0.273. The normalized spacial score (nSPS) is 21.5. The van der Waals surface area contributed by atoms with Gasteiger partial charge in [0.05, 0.1) is 19.6 Å². The lowest BCUT2D eigenvalue weighted by Gasteiger charge is -2.44. The summed E-state index contributed by atoms with van der Waals surface area (Å²) in [4.78, 5) is 24.8. The first-order chi connectivity index (χ1) is 20.6. The monoisotopic (exact) mass is 578 g/mol. The fourth-order valence-corrected chi connectivity index (χ4v) is 7.08. The molecule has 1 aromatic carbocycles. The predicted molar refractivity (Wildman–Crippen MR) is 168 cm³/mol. The summed E-state index contributed by atoms with van der Waals surface area (Å²) in [6, 6.07) is 7.65. The SMILES string of the molecule is COc1ccc(Nc2nccc(NCC3C(=O)NCCC34CCCCCCCCC4)n2)cc1OCCCN1CCCC1. The number of carbonyl (C=O) groups is 1. The Hall–Kier alpha value is -3.07. The number of carbonyl (C=O) groups excluding carboxylic acids is 1. The smallest absolute Gasteiger partial charge is 0.229 e. The number of benzene rings is 1. The number of likely N-dealkylation sites (tertiary alicyclic amines) is 1. The summed E-state index contributed by atoms with van der Waals surface area (Å²) in [5, 5.41) is 9.96. The van der Waals surface area contributed by atoms with E-state index in [0.717, 1.165) is 44.5 Å². The Morgan fingerprint density at radius 1 is 0.976 bits per heavy atom. The van der Waals surface area contributed by atoms with E-state index in [-0.39, 0.29) is 17.2 Å². The van der Waals surface area contributed by atoms with E-state index < -0.39 is 0 Å². The van der Waals surface area contributed by atoms with Gasteiger partial charge in [-0.05, 0) is 75.2 Å². The Bertz CT molecular complexity index is 1130. The molecule has 1 atom stereocenters. The maximum Gasteiger partial charge on any atom is 0.229 e. The van der Waals surface area contributed by atoms with E-state index in [0.29, 0.717) is 36.4 Å². The van der Waals surface area contributed by atoms with E-state index in [1.54, 1.807) is 13.3 Å². The molecule has 9 heteroatoms. The topological polar surface area (TPSA) is 101 Å². The summed E-state index contributed by atoms with van der Waals surface area (Å²) in [6.07, 6.45) is 17.7. The summed E-state index contributed by atoms with van der Waals surface area (Å²) >= 11 is 0. The van der Waals surface area contributed by atoms with Crippen molar-refractivity contribution in [2.75, 3.05) is 57.1 Å². The standard InChI is InChI=1S/C33H50N6O3/c1-41-28-13-12-26(24-29(28)42-23-11-22-39-20-9-10-21-39)37-32-35-18-14-30(38-32)36-25-27-31(40)34-19-17-33(27)15-7-5-3-2-4-6-8-16-33/h12-14,18,24,27H,2-11,15-17,19-23,25H2,1H3,(H,34,40)(H2,35,36,37,38). The molecule has 3 aliphatic rings. The number of amides is 1. The molecule has 1 amide bonds. The van der Waals surface area contributed by atoms with E-state index in [1.807, 2.05) is 24.3 Å². The summed E-state index contributed by atoms with van der Waals surface area (Å²) in [7, 11) is 1.66. The molecule has 1 unspecified atom stereocenters. The van der Waals surface area contributed by atoms with Crippen LogP contribution in [0.5, 0.6) is 11.5 Å². The number of nitrogens with one attached hydrogen (secondary N) is 3. The number of anilines is 3. The van der Waals surface area contributed by atoms with Gasteiger partial charge in [0.25, 0.3) is 0 Å². The van der Waals surface area contributed by atoms with E-state index in [2.05, 4.69) is 25.8 Å². The molecule has 1 aromatic heterocycles. The Labute approximate surface area is 251 Å². The van der Waals surface area contributed by atoms with Crippen molar-refractivity contribution in [1.29, 1.82) is 0 Å². The molecule has 42 heavy (non-hydrogen) atoms. The highest BCUT2D eigenvalue weighted by Gasteiger charge is 2.44. The van der Waals surface area contributed by atoms with E-state index >= 15 is 0 Å². The maximum absolute atomic E-state index is 13.2. The highest BCUT2D eigenvalue weighted by Crippen LogP contribution is 2.45. The van der Waals surface area contributed by atoms with E-state index in [4.69, 9.17) is 14.5 Å². The zero-order valence-electron chi connectivity index (χ0n) is 25.5. The molecule has 5 rings (SSSR count). The molecule has 0 bridgehead atoms. The summed E-state index contributed by atoms with van der Waals surface area (Å²) in [5.74, 6) is 2.75. The van der Waals surface area contributed by atoms with Gasteiger partial charge >= 0.3 is 0 Å². The lowest BCUT2D eigenvalue weighted by molar-refractivity contribution is -0.133. The highest BCUT2D eigenvalue weighted by molar-refractivity contribution is 5.81. The third kappa shape index (κ3) is 8.27. The Kier molecular flexibility index (Phi) is 11.2. The van der Waals surface area contributed by atoms with Gasteiger partial charge in [0, 0.05) is 37.6 Å². The second-order valence-electron chi connectivity index (χ2n) is 12.3. The second-order valence-corrected chi connectivity index (χ2v) is 12.3. The van der Waals surface area contributed by atoms with Crippen molar-refractivity contribution in [2.24, 2.45) is 11.3 Å². The molecule has 1 aliphatic carbocycles. The fraction of sp³-hybridized carbons (Fsp3) is 0.667. The van der Waals surface area contributed by atoms with Crippen LogP contribution in [-0.4, -0.2) is 67.2 Å². The van der Waals surface area contributed by atoms with Gasteiger partial charge in [-0.3, -0.25) is 4.79 Å². The van der Waals surface area contributed by atoms with Gasteiger partial charge in [-0.25, -0.2) is 4.98 Å². The van der Waals surface area contributed by atoms with Crippen LogP contribution >= 0.6 is 0 Å². The van der Waals surface area contributed by atoms with Gasteiger partial charge < -0.3 is 30.3 Å². The van der Waals surface area contributed by atoms with Gasteiger partial charge in [0.1, 0.15) is 5.82 Å². The van der Waals surface area contributed by atoms with Crippen LogP contribution < -0.4 is 25.4 Å².